The summed E-state index contributed by atoms with van der Waals surface area (Å²) in [5.41, 5.74) is -0.662. The molecule has 1 saturated carbocycles. The third-order valence-electron chi connectivity index (χ3n) is 3.04. The molecule has 1 N–H and O–H groups in total. The van der Waals surface area contributed by atoms with Gasteiger partial charge in [0.05, 0.1) is 11.4 Å². The normalized spacial score (nSPS) is 21.3. The lowest BCUT2D eigenvalue weighted by atomic mass is 9.94. The van der Waals surface area contributed by atoms with Gasteiger partial charge in [-0.2, -0.15) is 0 Å². The maximum atomic E-state index is 11.2. The zero-order valence-corrected chi connectivity index (χ0v) is 10.5. The highest BCUT2D eigenvalue weighted by Gasteiger charge is 2.31. The van der Waals surface area contributed by atoms with Gasteiger partial charge < -0.3 is 5.11 Å². The van der Waals surface area contributed by atoms with E-state index in [-0.39, 0.29) is 11.5 Å². The van der Waals surface area contributed by atoms with Gasteiger partial charge in [-0.1, -0.05) is 19.8 Å². The molecule has 1 rings (SSSR count). The molecule has 0 aromatic rings. The maximum Gasteiger partial charge on any atom is 0.150 e. The molecule has 0 aromatic carbocycles. The molecule has 1 fully saturated rings. The second-order valence-electron chi connectivity index (χ2n) is 4.98. The van der Waals surface area contributed by atoms with Crippen molar-refractivity contribution < 1.29 is 13.5 Å². The first-order valence-electron chi connectivity index (χ1n) is 5.77. The van der Waals surface area contributed by atoms with Gasteiger partial charge in [0.2, 0.25) is 0 Å². The molecule has 1 atom stereocenters. The molecule has 0 spiro atoms. The van der Waals surface area contributed by atoms with Crippen LogP contribution in [0.2, 0.25) is 0 Å². The lowest BCUT2D eigenvalue weighted by Gasteiger charge is -2.22. The molecular formula is C11H22O3S. The Labute approximate surface area is 92.8 Å². The highest BCUT2D eigenvalue weighted by Crippen LogP contribution is 2.38. The number of hydrogen-bond donors (Lipinski definition) is 1. The molecule has 1 aliphatic rings. The van der Waals surface area contributed by atoms with Crippen LogP contribution in [0.25, 0.3) is 0 Å². The van der Waals surface area contributed by atoms with E-state index in [1.54, 1.807) is 6.92 Å². The van der Waals surface area contributed by atoms with Gasteiger partial charge in [0.25, 0.3) is 0 Å². The minimum absolute atomic E-state index is 0.206. The van der Waals surface area contributed by atoms with Crippen LogP contribution in [0.15, 0.2) is 0 Å². The fourth-order valence-corrected chi connectivity index (χ4v) is 2.74. The van der Waals surface area contributed by atoms with E-state index in [4.69, 9.17) is 0 Å². The molecule has 0 radical (unpaired) electrons. The van der Waals surface area contributed by atoms with Crippen LogP contribution in [-0.4, -0.2) is 30.6 Å². The number of hydrogen-bond acceptors (Lipinski definition) is 3. The van der Waals surface area contributed by atoms with Gasteiger partial charge in [-0.05, 0) is 32.1 Å². The van der Waals surface area contributed by atoms with Crippen molar-refractivity contribution in [2.75, 3.05) is 11.5 Å². The molecule has 3 nitrogen and oxygen atoms in total. The molecule has 90 valence electrons. The number of rotatable bonds is 7. The zero-order chi connectivity index (χ0) is 11.5. The van der Waals surface area contributed by atoms with Crippen LogP contribution >= 0.6 is 0 Å². The minimum atomic E-state index is -2.87. The van der Waals surface area contributed by atoms with Crippen molar-refractivity contribution in [1.29, 1.82) is 0 Å². The van der Waals surface area contributed by atoms with Gasteiger partial charge in [0.1, 0.15) is 9.84 Å². The molecule has 0 saturated heterocycles. The Morgan fingerprint density at radius 3 is 2.47 bits per heavy atom. The Kier molecular flexibility index (Phi) is 4.18. The molecule has 4 heteroatoms. The third-order valence-corrected chi connectivity index (χ3v) is 4.83. The van der Waals surface area contributed by atoms with Crippen LogP contribution in [0.3, 0.4) is 0 Å². The monoisotopic (exact) mass is 234 g/mol. The molecule has 0 bridgehead atoms. The topological polar surface area (TPSA) is 54.4 Å². The standard InChI is InChI=1S/C11H22O3S/c1-3-15(13,14)8-4-7-11(2,12)9-10-5-6-10/h10,12H,3-9H2,1-2H3. The number of sulfone groups is 1. The predicted octanol–water partition coefficient (Wildman–Crippen LogP) is 1.75. The van der Waals surface area contributed by atoms with Crippen LogP contribution in [0.1, 0.15) is 46.0 Å². The van der Waals surface area contributed by atoms with Gasteiger partial charge >= 0.3 is 0 Å². The van der Waals surface area contributed by atoms with Crippen molar-refractivity contribution in [2.45, 2.75) is 51.6 Å². The summed E-state index contributed by atoms with van der Waals surface area (Å²) in [6, 6.07) is 0. The Hall–Kier alpha value is -0.0900. The quantitative estimate of drug-likeness (QED) is 0.730. The van der Waals surface area contributed by atoms with Crippen molar-refractivity contribution in [2.24, 2.45) is 5.92 Å². The van der Waals surface area contributed by atoms with Gasteiger partial charge in [-0.15, -0.1) is 0 Å². The van der Waals surface area contributed by atoms with Crippen LogP contribution < -0.4 is 0 Å². The fraction of sp³-hybridized carbons (Fsp3) is 1.00. The van der Waals surface area contributed by atoms with Gasteiger partial charge in [-0.3, -0.25) is 0 Å². The van der Waals surface area contributed by atoms with Crippen molar-refractivity contribution in [3.8, 4) is 0 Å². The molecular weight excluding hydrogens is 212 g/mol. The summed E-state index contributed by atoms with van der Waals surface area (Å²) >= 11 is 0. The van der Waals surface area contributed by atoms with Crippen molar-refractivity contribution in [3.63, 3.8) is 0 Å². The molecule has 1 aliphatic carbocycles. The van der Waals surface area contributed by atoms with E-state index in [2.05, 4.69) is 0 Å². The van der Waals surface area contributed by atoms with E-state index < -0.39 is 15.4 Å². The summed E-state index contributed by atoms with van der Waals surface area (Å²) in [7, 11) is -2.87. The van der Waals surface area contributed by atoms with Gasteiger partial charge in [0, 0.05) is 5.75 Å². The summed E-state index contributed by atoms with van der Waals surface area (Å²) in [5, 5.41) is 10.00. The Balaban J connectivity index is 2.23. The second-order valence-corrected chi connectivity index (χ2v) is 7.46. The first-order valence-corrected chi connectivity index (χ1v) is 7.59. The summed E-state index contributed by atoms with van der Waals surface area (Å²) in [4.78, 5) is 0. The third kappa shape index (κ3) is 5.52. The van der Waals surface area contributed by atoms with Gasteiger partial charge in [0.15, 0.2) is 0 Å². The highest BCUT2D eigenvalue weighted by atomic mass is 32.2. The van der Waals surface area contributed by atoms with E-state index in [1.807, 2.05) is 6.92 Å². The first kappa shape index (κ1) is 13.0. The van der Waals surface area contributed by atoms with E-state index >= 15 is 0 Å². The smallest absolute Gasteiger partial charge is 0.150 e. The van der Waals surface area contributed by atoms with Crippen LogP contribution in [-0.2, 0) is 9.84 Å². The Bertz CT molecular complexity index is 289. The van der Waals surface area contributed by atoms with Crippen molar-refractivity contribution in [3.05, 3.63) is 0 Å². The molecule has 0 aliphatic heterocycles. The lowest BCUT2D eigenvalue weighted by molar-refractivity contribution is 0.0359. The van der Waals surface area contributed by atoms with E-state index in [9.17, 15) is 13.5 Å². The summed E-state index contributed by atoms with van der Waals surface area (Å²) in [6.07, 6.45) is 4.46. The summed E-state index contributed by atoms with van der Waals surface area (Å²) in [6.45, 7) is 3.49. The average Bonchev–Trinajstić information content (AvgIpc) is 2.86. The SMILES string of the molecule is CCS(=O)(=O)CCCC(C)(O)CC1CC1. The van der Waals surface area contributed by atoms with Crippen LogP contribution in [0, 0.1) is 5.92 Å². The van der Waals surface area contributed by atoms with Crippen molar-refractivity contribution >= 4 is 9.84 Å². The van der Waals surface area contributed by atoms with E-state index in [1.165, 1.54) is 12.8 Å². The predicted molar refractivity (Wildman–Crippen MR) is 61.5 cm³/mol. The largest absolute Gasteiger partial charge is 0.390 e. The summed E-state index contributed by atoms with van der Waals surface area (Å²) in [5.74, 6) is 1.10. The minimum Gasteiger partial charge on any atom is -0.390 e. The Morgan fingerprint density at radius 1 is 1.40 bits per heavy atom. The summed E-state index contributed by atoms with van der Waals surface area (Å²) < 4.78 is 22.5. The zero-order valence-electron chi connectivity index (χ0n) is 9.70. The molecule has 0 amide bonds. The highest BCUT2D eigenvalue weighted by molar-refractivity contribution is 7.91. The van der Waals surface area contributed by atoms with Crippen LogP contribution in [0.5, 0.6) is 0 Å². The van der Waals surface area contributed by atoms with Crippen LogP contribution in [0.4, 0.5) is 0 Å². The average molecular weight is 234 g/mol. The number of aliphatic hydroxyl groups is 1. The van der Waals surface area contributed by atoms with Crippen molar-refractivity contribution in [1.82, 2.24) is 0 Å². The second kappa shape index (κ2) is 4.83. The maximum absolute atomic E-state index is 11.2. The fourth-order valence-electron chi connectivity index (χ4n) is 1.86. The van der Waals surface area contributed by atoms with E-state index in [0.29, 0.717) is 18.8 Å². The molecule has 1 unspecified atom stereocenters. The molecule has 0 aromatic heterocycles. The van der Waals surface area contributed by atoms with Gasteiger partial charge in [-0.25, -0.2) is 8.42 Å². The molecule has 15 heavy (non-hydrogen) atoms. The Morgan fingerprint density at radius 2 is 2.00 bits per heavy atom. The molecule has 0 heterocycles. The first-order chi connectivity index (χ1) is 6.85. The lowest BCUT2D eigenvalue weighted by Crippen LogP contribution is -2.25. The van der Waals surface area contributed by atoms with E-state index in [0.717, 1.165) is 6.42 Å².